The van der Waals surface area contributed by atoms with Gasteiger partial charge in [-0.15, -0.1) is 0 Å². The van der Waals surface area contributed by atoms with Crippen LogP contribution in [0.25, 0.3) is 0 Å². The van der Waals surface area contributed by atoms with E-state index in [0.717, 1.165) is 195 Å². The minimum atomic E-state index is -0.524. The zero-order valence-electron chi connectivity index (χ0n) is 93.0. The van der Waals surface area contributed by atoms with Crippen LogP contribution in [0.2, 0.25) is 0 Å². The zero-order valence-corrected chi connectivity index (χ0v) is 93.0. The first-order valence-corrected chi connectivity index (χ1v) is 55.8. The van der Waals surface area contributed by atoms with Crippen LogP contribution in [0.5, 0.6) is 34.5 Å². The van der Waals surface area contributed by atoms with Gasteiger partial charge in [-0.3, -0.25) is 28.8 Å². The molecule has 0 spiro atoms. The highest BCUT2D eigenvalue weighted by molar-refractivity contribution is 6.10. The van der Waals surface area contributed by atoms with Gasteiger partial charge < -0.3 is 28.4 Å². The summed E-state index contributed by atoms with van der Waals surface area (Å²) in [6.07, 6.45) is 40.5. The van der Waals surface area contributed by atoms with Gasteiger partial charge in [-0.05, 0) is 300 Å². The van der Waals surface area contributed by atoms with Crippen molar-refractivity contribution in [1.82, 2.24) is 0 Å². The Morgan fingerprint density at radius 3 is 0.694 bits per heavy atom. The molecule has 0 N–H and O–H groups in total. The maximum Gasteiger partial charge on any atom is 0.318 e. The molecule has 12 rings (SSSR count). The summed E-state index contributed by atoms with van der Waals surface area (Å²) >= 11 is 0. The Bertz CT molecular complexity index is 5060. The van der Waals surface area contributed by atoms with Gasteiger partial charge in [0.25, 0.3) is 0 Å². The molecule has 12 atom stereocenters. The van der Waals surface area contributed by atoms with Gasteiger partial charge in [-0.25, -0.2) is 0 Å². The normalized spacial score (nSPS) is 17.7. The van der Waals surface area contributed by atoms with Crippen molar-refractivity contribution in [1.29, 1.82) is 0 Å². The number of rotatable bonds is 51. The monoisotopic (exact) mass is 1960 g/mol. The van der Waals surface area contributed by atoms with E-state index in [2.05, 4.69) is 125 Å². The van der Waals surface area contributed by atoms with Crippen LogP contribution in [0.15, 0.2) is 182 Å². The van der Waals surface area contributed by atoms with Gasteiger partial charge in [-0.2, -0.15) is 0 Å². The SMILES string of the molecule is Cc1cc(OC(=O)C(C)c2cccc(C(=O)c3ccccc3)c2)c(C)c2c1OC(C)(CCCC(C)CCCC(C)CCCC(C)C)CC2.Cc1cc(OC(=O)[C@@H](C)c2cccc(C(=O)c3ccccc3)c2)c(C)c2c1OC(C)(CCCC(C)CCCC(C)CCCC(C)C)CC2.Cc1cc(OC(=O)[C@H](C)c2cccc(C(=O)c3ccccc3)c2)c(C)c2c1OC(C)(CCCC(C)CCCC(C)CCCC(C)C)CC2. The fraction of sp³-hybridized carbons (Fsp3) is 0.545. The van der Waals surface area contributed by atoms with Crippen LogP contribution in [0.3, 0.4) is 0 Å². The number of carbonyl (C=O) groups is 6. The summed E-state index contributed by atoms with van der Waals surface area (Å²) in [6, 6.07) is 55.4. The summed E-state index contributed by atoms with van der Waals surface area (Å²) in [6.45, 7) is 53.0. The number of ether oxygens (including phenoxy) is 6. The van der Waals surface area contributed by atoms with Gasteiger partial charge in [0.15, 0.2) is 17.3 Å². The third kappa shape index (κ3) is 35.0. The number of hydrogen-bond acceptors (Lipinski definition) is 12. The minimum Gasteiger partial charge on any atom is -0.487 e. The number of aryl methyl sites for hydroxylation is 3. The number of carbonyl (C=O) groups excluding carboxylic acids is 6. The molecule has 144 heavy (non-hydrogen) atoms. The van der Waals surface area contributed by atoms with Gasteiger partial charge in [0.05, 0.1) is 17.8 Å². The lowest BCUT2D eigenvalue weighted by atomic mass is 9.84. The minimum absolute atomic E-state index is 0.0615. The highest BCUT2D eigenvalue weighted by Gasteiger charge is 2.39. The Balaban J connectivity index is 0.000000222. The smallest absolute Gasteiger partial charge is 0.318 e. The van der Waals surface area contributed by atoms with E-state index in [1.165, 1.54) is 154 Å². The molecule has 10 unspecified atom stereocenters. The molecule has 0 saturated heterocycles. The number of ketones is 3. The van der Waals surface area contributed by atoms with Crippen molar-refractivity contribution < 1.29 is 57.2 Å². The Morgan fingerprint density at radius 1 is 0.264 bits per heavy atom. The number of fused-ring (bicyclic) bond motifs is 3. The van der Waals surface area contributed by atoms with Crippen LogP contribution in [-0.2, 0) is 33.6 Å². The molecule has 0 radical (unpaired) electrons. The molecule has 9 aromatic carbocycles. The maximum atomic E-state index is 13.4. The fourth-order valence-corrected chi connectivity index (χ4v) is 21.5. The largest absolute Gasteiger partial charge is 0.487 e. The summed E-state index contributed by atoms with van der Waals surface area (Å²) in [4.78, 5) is 79.2. The van der Waals surface area contributed by atoms with E-state index < -0.39 is 17.8 Å². The van der Waals surface area contributed by atoms with Gasteiger partial charge in [-0.1, -0.05) is 364 Å². The average Bonchev–Trinajstić information content (AvgIpc) is 0.774. The molecule has 0 bridgehead atoms. The lowest BCUT2D eigenvalue weighted by molar-refractivity contribution is -0.136. The molecule has 3 aliphatic rings. The van der Waals surface area contributed by atoms with E-state index in [1.54, 1.807) is 72.8 Å². The summed E-state index contributed by atoms with van der Waals surface area (Å²) < 4.78 is 38.4. The van der Waals surface area contributed by atoms with E-state index in [-0.39, 0.29) is 52.1 Å². The highest BCUT2D eigenvalue weighted by atomic mass is 16.5. The average molecular weight is 1960 g/mol. The predicted molar refractivity (Wildman–Crippen MR) is 595 cm³/mol. The summed E-state index contributed by atoms with van der Waals surface area (Å²) in [5.74, 6) is 9.15. The van der Waals surface area contributed by atoms with Crippen molar-refractivity contribution in [3.8, 4) is 34.5 Å². The second-order valence-corrected chi connectivity index (χ2v) is 46.5. The molecule has 12 nitrogen and oxygen atoms in total. The molecule has 3 aliphatic heterocycles. The van der Waals surface area contributed by atoms with Crippen LogP contribution in [0.4, 0.5) is 0 Å². The van der Waals surface area contributed by atoms with E-state index in [0.29, 0.717) is 50.6 Å². The number of hydrogen-bond donors (Lipinski definition) is 0. The van der Waals surface area contributed by atoms with E-state index in [9.17, 15) is 28.8 Å². The summed E-state index contributed by atoms with van der Waals surface area (Å²) in [5.41, 5.74) is 14.7. The third-order valence-corrected chi connectivity index (χ3v) is 31.7. The van der Waals surface area contributed by atoms with Crippen LogP contribution >= 0.6 is 0 Å². The van der Waals surface area contributed by atoms with Crippen LogP contribution in [0.1, 0.15) is 450 Å². The number of benzene rings is 9. The second kappa shape index (κ2) is 56.1. The topological polar surface area (TPSA) is 158 Å². The molecule has 0 amide bonds. The molecule has 12 heteroatoms. The fourth-order valence-electron chi connectivity index (χ4n) is 21.5. The first-order valence-electron chi connectivity index (χ1n) is 55.8. The molecule has 0 aliphatic carbocycles. The predicted octanol–water partition coefficient (Wildman–Crippen LogP) is 35.3. The first kappa shape index (κ1) is 116. The molecule has 0 aromatic heterocycles. The van der Waals surface area contributed by atoms with Gasteiger partial charge in [0.2, 0.25) is 0 Å². The van der Waals surface area contributed by atoms with Crippen LogP contribution in [-0.4, -0.2) is 52.1 Å². The molecule has 3 heterocycles. The van der Waals surface area contributed by atoms with Crippen molar-refractivity contribution in [2.24, 2.45) is 53.3 Å². The van der Waals surface area contributed by atoms with Crippen LogP contribution < -0.4 is 28.4 Å². The Kier molecular flexibility index (Phi) is 45.1. The van der Waals surface area contributed by atoms with Crippen molar-refractivity contribution in [2.75, 3.05) is 0 Å². The number of esters is 3. The maximum absolute atomic E-state index is 13.4. The second-order valence-electron chi connectivity index (χ2n) is 46.5. The van der Waals surface area contributed by atoms with Gasteiger partial charge in [0.1, 0.15) is 51.3 Å². The Labute approximate surface area is 869 Å². The van der Waals surface area contributed by atoms with Crippen molar-refractivity contribution in [3.63, 3.8) is 0 Å². The van der Waals surface area contributed by atoms with E-state index in [4.69, 9.17) is 28.4 Å². The van der Waals surface area contributed by atoms with Crippen molar-refractivity contribution >= 4 is 35.3 Å². The molecule has 0 saturated carbocycles. The van der Waals surface area contributed by atoms with Gasteiger partial charge in [0, 0.05) is 50.1 Å². The molecule has 9 aromatic rings. The Hall–Kier alpha value is -10.2. The molecule has 0 fully saturated rings. The van der Waals surface area contributed by atoms with Crippen LogP contribution in [0, 0.1) is 94.8 Å². The van der Waals surface area contributed by atoms with E-state index >= 15 is 0 Å². The molecular formula is C132H180O12. The first-order chi connectivity index (χ1) is 68.6. The lowest BCUT2D eigenvalue weighted by Gasteiger charge is -2.38. The van der Waals surface area contributed by atoms with Gasteiger partial charge >= 0.3 is 17.9 Å². The van der Waals surface area contributed by atoms with Crippen molar-refractivity contribution in [2.45, 2.75) is 413 Å². The highest BCUT2D eigenvalue weighted by Crippen LogP contribution is 2.48. The summed E-state index contributed by atoms with van der Waals surface area (Å²) in [5, 5.41) is 0. The molecule has 780 valence electrons. The third-order valence-electron chi connectivity index (χ3n) is 31.7. The van der Waals surface area contributed by atoms with Crippen molar-refractivity contribution in [3.05, 3.63) is 282 Å². The Morgan fingerprint density at radius 2 is 0.472 bits per heavy atom. The molecular weight excluding hydrogens is 1780 g/mol. The standard InChI is InChI=1S/3C44H60O4/c3*1-30(2)16-12-17-31(3)18-13-19-32(4)20-15-26-44(8)27-25-39-35(7)40(28-33(5)42(39)48-44)47-43(46)34(6)37-23-14-24-38(29-37)41(45)36-21-10-9-11-22-36/h3*9-11,14,21-24,28-32,34H,12-13,15-20,25-27H2,1-8H3/t2*31?,32?,34-,44?;/m10./s1. The lowest BCUT2D eigenvalue weighted by Crippen LogP contribution is -2.37. The van der Waals surface area contributed by atoms with E-state index in [1.807, 2.05) is 151 Å². The zero-order chi connectivity index (χ0) is 105. The quantitative estimate of drug-likeness (QED) is 0.0202. The summed E-state index contributed by atoms with van der Waals surface area (Å²) in [7, 11) is 0.